The number of hydrogen-bond acceptors (Lipinski definition) is 1. The van der Waals surface area contributed by atoms with Crippen molar-refractivity contribution in [3.63, 3.8) is 0 Å². The van der Waals surface area contributed by atoms with Gasteiger partial charge < -0.3 is 0 Å². The van der Waals surface area contributed by atoms with E-state index in [0.717, 1.165) is 12.1 Å². The molecule has 0 saturated carbocycles. The van der Waals surface area contributed by atoms with E-state index in [4.69, 9.17) is 23.2 Å². The first-order valence-electron chi connectivity index (χ1n) is 3.01. The second-order valence-corrected chi connectivity index (χ2v) is 3.72. The predicted molar refractivity (Wildman–Crippen MR) is 57.3 cm³/mol. The first-order valence-corrected chi connectivity index (χ1v) is 4.84. The van der Waals surface area contributed by atoms with Crippen molar-refractivity contribution in [2.45, 2.75) is 6.54 Å². The Morgan fingerprint density at radius 2 is 1.73 bits per heavy atom. The van der Waals surface area contributed by atoms with Gasteiger partial charge in [-0.25, -0.2) is 0 Å². The number of hydrogen-bond donors (Lipinski definition) is 1. The van der Waals surface area contributed by atoms with Crippen LogP contribution in [0.25, 0.3) is 0 Å². The van der Waals surface area contributed by atoms with Crippen molar-refractivity contribution in [1.82, 2.24) is 3.53 Å². The quantitative estimate of drug-likeness (QED) is 0.652. The highest BCUT2D eigenvalue weighted by Gasteiger charge is 1.96. The smallest absolute Gasteiger partial charge is 0.0424 e. The first kappa shape index (κ1) is 9.58. The van der Waals surface area contributed by atoms with Gasteiger partial charge in [0, 0.05) is 39.5 Å². The van der Waals surface area contributed by atoms with E-state index < -0.39 is 0 Å². The van der Waals surface area contributed by atoms with Crippen LogP contribution < -0.4 is 3.53 Å². The molecule has 0 aliphatic heterocycles. The summed E-state index contributed by atoms with van der Waals surface area (Å²) in [6.45, 7) is 0.779. The van der Waals surface area contributed by atoms with E-state index in [1.807, 2.05) is 12.1 Å². The molecule has 0 bridgehead atoms. The summed E-state index contributed by atoms with van der Waals surface area (Å²) in [5.41, 5.74) is 1.09. The second kappa shape index (κ2) is 4.50. The lowest BCUT2D eigenvalue weighted by atomic mass is 10.2. The van der Waals surface area contributed by atoms with Gasteiger partial charge in [0.1, 0.15) is 0 Å². The largest absolute Gasteiger partial charge is 0.257 e. The molecule has 0 amide bonds. The van der Waals surface area contributed by atoms with E-state index in [9.17, 15) is 0 Å². The molecular weight excluding hydrogens is 296 g/mol. The minimum atomic E-state index is 0.680. The summed E-state index contributed by atoms with van der Waals surface area (Å²) in [5.74, 6) is 0. The highest BCUT2D eigenvalue weighted by atomic mass is 127. The molecule has 0 heterocycles. The van der Waals surface area contributed by atoms with Crippen molar-refractivity contribution in [3.05, 3.63) is 33.8 Å². The Morgan fingerprint density at radius 1 is 1.18 bits per heavy atom. The van der Waals surface area contributed by atoms with Gasteiger partial charge in [0.15, 0.2) is 0 Å². The van der Waals surface area contributed by atoms with E-state index in [1.165, 1.54) is 0 Å². The first-order chi connectivity index (χ1) is 5.22. The van der Waals surface area contributed by atoms with Gasteiger partial charge in [-0.1, -0.05) is 23.2 Å². The zero-order valence-corrected chi connectivity index (χ0v) is 9.24. The Labute approximate surface area is 89.6 Å². The molecule has 0 unspecified atom stereocenters. The molecule has 0 aliphatic carbocycles. The average Bonchev–Trinajstić information content (AvgIpc) is 1.85. The van der Waals surface area contributed by atoms with Crippen LogP contribution in [0.4, 0.5) is 0 Å². The lowest BCUT2D eigenvalue weighted by Gasteiger charge is -1.99. The van der Waals surface area contributed by atoms with Crippen molar-refractivity contribution in [2.24, 2.45) is 0 Å². The summed E-state index contributed by atoms with van der Waals surface area (Å²) < 4.78 is 2.99. The fraction of sp³-hybridized carbons (Fsp3) is 0.143. The van der Waals surface area contributed by atoms with Crippen molar-refractivity contribution in [3.8, 4) is 0 Å². The minimum absolute atomic E-state index is 0.680. The van der Waals surface area contributed by atoms with Crippen LogP contribution in [0.5, 0.6) is 0 Å². The molecule has 0 saturated heterocycles. The normalized spacial score (nSPS) is 10.1. The van der Waals surface area contributed by atoms with Gasteiger partial charge in [0.05, 0.1) is 0 Å². The zero-order valence-electron chi connectivity index (χ0n) is 5.57. The van der Waals surface area contributed by atoms with Gasteiger partial charge in [0.2, 0.25) is 0 Å². The Kier molecular flexibility index (Phi) is 3.92. The van der Waals surface area contributed by atoms with Gasteiger partial charge in [-0.2, -0.15) is 0 Å². The summed E-state index contributed by atoms with van der Waals surface area (Å²) in [5, 5.41) is 1.36. The summed E-state index contributed by atoms with van der Waals surface area (Å²) in [6.07, 6.45) is 0. The standard InChI is InChI=1S/C7H6Cl2IN/c8-6-1-5(4-11-10)2-7(9)3-6/h1-3,11H,4H2. The van der Waals surface area contributed by atoms with E-state index in [-0.39, 0.29) is 0 Å². The molecule has 0 aromatic heterocycles. The molecule has 0 radical (unpaired) electrons. The van der Waals surface area contributed by atoms with Gasteiger partial charge in [-0.15, -0.1) is 0 Å². The van der Waals surface area contributed by atoms with E-state index in [0.29, 0.717) is 10.0 Å². The van der Waals surface area contributed by atoms with Crippen LogP contribution in [0.1, 0.15) is 5.56 Å². The maximum absolute atomic E-state index is 5.77. The Bertz CT molecular complexity index is 232. The van der Waals surface area contributed by atoms with Crippen LogP contribution in [0.15, 0.2) is 18.2 Å². The monoisotopic (exact) mass is 301 g/mol. The molecule has 1 rings (SSSR count). The van der Waals surface area contributed by atoms with E-state index >= 15 is 0 Å². The summed E-state index contributed by atoms with van der Waals surface area (Å²) in [7, 11) is 0. The maximum Gasteiger partial charge on any atom is 0.0424 e. The van der Waals surface area contributed by atoms with Gasteiger partial charge in [0.25, 0.3) is 0 Å². The summed E-state index contributed by atoms with van der Waals surface area (Å²) in [4.78, 5) is 0. The number of benzene rings is 1. The van der Waals surface area contributed by atoms with Gasteiger partial charge >= 0.3 is 0 Å². The van der Waals surface area contributed by atoms with Crippen molar-refractivity contribution >= 4 is 46.1 Å². The Morgan fingerprint density at radius 3 is 2.18 bits per heavy atom. The maximum atomic E-state index is 5.77. The number of halogens is 3. The molecular formula is C7H6Cl2IN. The van der Waals surface area contributed by atoms with Crippen LogP contribution in [0.2, 0.25) is 10.0 Å². The molecule has 1 aromatic carbocycles. The molecule has 1 nitrogen and oxygen atoms in total. The third-order valence-corrected chi connectivity index (χ3v) is 2.01. The molecule has 4 heteroatoms. The Hall–Kier alpha value is 0.490. The highest BCUT2D eigenvalue weighted by Crippen LogP contribution is 2.18. The highest BCUT2D eigenvalue weighted by molar-refractivity contribution is 14.1. The number of rotatable bonds is 2. The minimum Gasteiger partial charge on any atom is -0.257 e. The molecule has 1 N–H and O–H groups in total. The number of nitrogens with one attached hydrogen (secondary N) is 1. The third kappa shape index (κ3) is 3.15. The van der Waals surface area contributed by atoms with Crippen LogP contribution in [-0.4, -0.2) is 0 Å². The van der Waals surface area contributed by atoms with Crippen LogP contribution in [-0.2, 0) is 6.54 Å². The molecule has 0 spiro atoms. The van der Waals surface area contributed by atoms with Gasteiger partial charge in [-0.05, 0) is 23.8 Å². The van der Waals surface area contributed by atoms with Crippen molar-refractivity contribution < 1.29 is 0 Å². The fourth-order valence-electron chi connectivity index (χ4n) is 0.790. The molecule has 1 aromatic rings. The van der Waals surface area contributed by atoms with Crippen LogP contribution in [0.3, 0.4) is 0 Å². The zero-order chi connectivity index (χ0) is 8.27. The third-order valence-electron chi connectivity index (χ3n) is 1.19. The molecule has 11 heavy (non-hydrogen) atoms. The topological polar surface area (TPSA) is 12.0 Å². The lowest BCUT2D eigenvalue weighted by Crippen LogP contribution is -1.96. The van der Waals surface area contributed by atoms with Crippen molar-refractivity contribution in [2.75, 3.05) is 0 Å². The van der Waals surface area contributed by atoms with Crippen molar-refractivity contribution in [1.29, 1.82) is 0 Å². The average molecular weight is 302 g/mol. The Balaban J connectivity index is 2.89. The predicted octanol–water partition coefficient (Wildman–Crippen LogP) is 3.43. The second-order valence-electron chi connectivity index (χ2n) is 2.09. The molecule has 0 fully saturated rings. The lowest BCUT2D eigenvalue weighted by molar-refractivity contribution is 1.01. The van der Waals surface area contributed by atoms with Gasteiger partial charge in [-0.3, -0.25) is 3.53 Å². The molecule has 0 aliphatic rings. The molecule has 0 atom stereocenters. The van der Waals surface area contributed by atoms with Crippen LogP contribution >= 0.6 is 46.1 Å². The van der Waals surface area contributed by atoms with Crippen LogP contribution in [0, 0.1) is 0 Å². The summed E-state index contributed by atoms with van der Waals surface area (Å²) in [6, 6.07) is 5.50. The van der Waals surface area contributed by atoms with E-state index in [1.54, 1.807) is 6.07 Å². The molecule has 60 valence electrons. The SMILES string of the molecule is Clc1cc(Cl)cc(CNI)c1. The van der Waals surface area contributed by atoms with E-state index in [2.05, 4.69) is 26.4 Å². The summed E-state index contributed by atoms with van der Waals surface area (Å²) >= 11 is 13.6. The fourth-order valence-corrected chi connectivity index (χ4v) is 1.80.